The van der Waals surface area contributed by atoms with Crippen molar-refractivity contribution in [1.29, 1.82) is 0 Å². The van der Waals surface area contributed by atoms with Gasteiger partial charge in [0.1, 0.15) is 17.2 Å². The molecule has 0 N–H and O–H groups in total. The maximum Gasteiger partial charge on any atom is 0.265 e. The molecule has 1 heterocycles. The Hall–Kier alpha value is -2.73. The van der Waals surface area contributed by atoms with Crippen molar-refractivity contribution in [1.82, 2.24) is 4.90 Å². The lowest BCUT2D eigenvalue weighted by Gasteiger charge is -2.27. The highest BCUT2D eigenvalue weighted by atomic mass is 16.5. The number of hydrogen-bond donors (Lipinski definition) is 0. The first-order chi connectivity index (χ1) is 15.2. The summed E-state index contributed by atoms with van der Waals surface area (Å²) in [5.74, 6) is 2.06. The van der Waals surface area contributed by atoms with Gasteiger partial charge < -0.3 is 24.0 Å². The van der Waals surface area contributed by atoms with E-state index in [1.807, 2.05) is 48.5 Å². The molecule has 1 aliphatic rings. The molecule has 0 aliphatic carbocycles. The first kappa shape index (κ1) is 22.9. The van der Waals surface area contributed by atoms with Crippen LogP contribution in [0.1, 0.15) is 32.6 Å². The third kappa shape index (κ3) is 6.89. The fraction of sp³-hybridized carbons (Fsp3) is 0.480. The number of unbranched alkanes of at least 4 members (excludes halogenated alkanes) is 1. The number of carbonyl (C=O) groups is 1. The van der Waals surface area contributed by atoms with E-state index in [1.54, 1.807) is 12.0 Å². The molecule has 0 radical (unpaired) electrons. The van der Waals surface area contributed by atoms with E-state index in [-0.39, 0.29) is 12.5 Å². The second-order valence-corrected chi connectivity index (χ2v) is 7.73. The topological polar surface area (TPSA) is 51.2 Å². The van der Waals surface area contributed by atoms with Crippen LogP contribution in [-0.2, 0) is 4.79 Å². The summed E-state index contributed by atoms with van der Waals surface area (Å²) in [5, 5.41) is 0. The summed E-state index contributed by atoms with van der Waals surface area (Å²) >= 11 is 0. The van der Waals surface area contributed by atoms with E-state index >= 15 is 0 Å². The predicted octanol–water partition coefficient (Wildman–Crippen LogP) is 4.38. The molecule has 1 aliphatic heterocycles. The Morgan fingerprint density at radius 3 is 2.35 bits per heavy atom. The van der Waals surface area contributed by atoms with Crippen molar-refractivity contribution in [3.63, 3.8) is 0 Å². The quantitative estimate of drug-likeness (QED) is 0.472. The summed E-state index contributed by atoms with van der Waals surface area (Å²) in [5.41, 5.74) is 0.775. The zero-order chi connectivity index (χ0) is 21.9. The van der Waals surface area contributed by atoms with E-state index in [0.29, 0.717) is 24.7 Å². The molecule has 6 nitrogen and oxygen atoms in total. The van der Waals surface area contributed by atoms with Crippen LogP contribution in [0.5, 0.6) is 17.2 Å². The molecule has 1 fully saturated rings. The highest BCUT2D eigenvalue weighted by molar-refractivity contribution is 5.95. The summed E-state index contributed by atoms with van der Waals surface area (Å²) in [6.07, 6.45) is 4.58. The van der Waals surface area contributed by atoms with Crippen molar-refractivity contribution in [2.24, 2.45) is 0 Å². The van der Waals surface area contributed by atoms with Gasteiger partial charge in [-0.15, -0.1) is 0 Å². The van der Waals surface area contributed by atoms with E-state index in [0.717, 1.165) is 43.9 Å². The van der Waals surface area contributed by atoms with E-state index in [9.17, 15) is 4.79 Å². The largest absolute Gasteiger partial charge is 0.495 e. The van der Waals surface area contributed by atoms with Gasteiger partial charge in [-0.3, -0.25) is 4.79 Å². The Morgan fingerprint density at radius 1 is 1.00 bits per heavy atom. The number of amides is 1. The number of carbonyl (C=O) groups excluding carboxylic acids is 1. The maximum absolute atomic E-state index is 13.1. The van der Waals surface area contributed by atoms with Crippen molar-refractivity contribution < 1.29 is 19.0 Å². The van der Waals surface area contributed by atoms with Crippen molar-refractivity contribution in [2.45, 2.75) is 32.6 Å². The molecule has 6 heteroatoms. The van der Waals surface area contributed by atoms with E-state index in [1.165, 1.54) is 12.8 Å². The van der Waals surface area contributed by atoms with Crippen LogP contribution >= 0.6 is 0 Å². The first-order valence-corrected chi connectivity index (χ1v) is 11.2. The molecule has 1 saturated heterocycles. The van der Waals surface area contributed by atoms with E-state index in [4.69, 9.17) is 14.2 Å². The standard InChI is InChI=1S/C25H34N2O4/c1-3-4-19-30-21-11-13-22(14-12-21)31-20-25(28)27(18-17-26-15-7-8-16-26)23-9-5-6-10-24(23)29-2/h5-6,9-14H,3-4,7-8,15-20H2,1-2H3. The highest BCUT2D eigenvalue weighted by Crippen LogP contribution is 2.28. The molecule has 0 spiro atoms. The molecular formula is C25H34N2O4. The smallest absolute Gasteiger partial charge is 0.265 e. The lowest BCUT2D eigenvalue weighted by atomic mass is 10.2. The van der Waals surface area contributed by atoms with Gasteiger partial charge in [0.25, 0.3) is 5.91 Å². The average molecular weight is 427 g/mol. The zero-order valence-electron chi connectivity index (χ0n) is 18.7. The number of anilines is 1. The minimum absolute atomic E-state index is 0.0336. The highest BCUT2D eigenvalue weighted by Gasteiger charge is 2.21. The average Bonchev–Trinajstić information content (AvgIpc) is 3.33. The Bertz CT molecular complexity index is 803. The molecule has 31 heavy (non-hydrogen) atoms. The van der Waals surface area contributed by atoms with Crippen LogP contribution in [-0.4, -0.2) is 57.3 Å². The van der Waals surface area contributed by atoms with Gasteiger partial charge in [-0.05, 0) is 68.8 Å². The molecule has 0 bridgehead atoms. The summed E-state index contributed by atoms with van der Waals surface area (Å²) in [4.78, 5) is 17.3. The van der Waals surface area contributed by atoms with Crippen LogP contribution < -0.4 is 19.1 Å². The number of hydrogen-bond acceptors (Lipinski definition) is 5. The third-order valence-electron chi connectivity index (χ3n) is 5.47. The van der Waals surface area contributed by atoms with Gasteiger partial charge in [0.15, 0.2) is 6.61 Å². The van der Waals surface area contributed by atoms with Gasteiger partial charge in [0, 0.05) is 13.1 Å². The second-order valence-electron chi connectivity index (χ2n) is 7.73. The number of likely N-dealkylation sites (tertiary alicyclic amines) is 1. The SMILES string of the molecule is CCCCOc1ccc(OCC(=O)N(CCN2CCCC2)c2ccccc2OC)cc1. The molecule has 0 atom stereocenters. The number of methoxy groups -OCH3 is 1. The van der Waals surface area contributed by atoms with Crippen molar-refractivity contribution >= 4 is 11.6 Å². The molecule has 1 amide bonds. The molecule has 168 valence electrons. The van der Waals surface area contributed by atoms with Gasteiger partial charge in [-0.2, -0.15) is 0 Å². The van der Waals surface area contributed by atoms with Gasteiger partial charge in [0.2, 0.25) is 0 Å². The van der Waals surface area contributed by atoms with Gasteiger partial charge >= 0.3 is 0 Å². The molecule has 2 aromatic rings. The summed E-state index contributed by atoms with van der Waals surface area (Å²) in [7, 11) is 1.63. The fourth-order valence-corrected chi connectivity index (χ4v) is 3.67. The monoisotopic (exact) mass is 426 g/mol. The summed E-state index contributed by atoms with van der Waals surface area (Å²) in [6.45, 7) is 6.44. The minimum atomic E-state index is -0.0908. The Kier molecular flexibility index (Phi) is 9.03. The van der Waals surface area contributed by atoms with E-state index in [2.05, 4.69) is 11.8 Å². The molecule has 2 aromatic carbocycles. The molecule has 0 unspecified atom stereocenters. The van der Waals surface area contributed by atoms with Gasteiger partial charge in [-0.25, -0.2) is 0 Å². The molecule has 3 rings (SSSR count). The lowest BCUT2D eigenvalue weighted by molar-refractivity contribution is -0.120. The number of para-hydroxylation sites is 2. The van der Waals surface area contributed by atoms with Crippen LogP contribution in [0.2, 0.25) is 0 Å². The third-order valence-corrected chi connectivity index (χ3v) is 5.47. The molecular weight excluding hydrogens is 392 g/mol. The van der Waals surface area contributed by atoms with Gasteiger partial charge in [0.05, 0.1) is 19.4 Å². The Morgan fingerprint density at radius 2 is 1.68 bits per heavy atom. The number of ether oxygens (including phenoxy) is 3. The van der Waals surface area contributed by atoms with Gasteiger partial charge in [-0.1, -0.05) is 25.5 Å². The number of nitrogens with zero attached hydrogens (tertiary/aromatic N) is 2. The molecule has 0 aromatic heterocycles. The first-order valence-electron chi connectivity index (χ1n) is 11.2. The predicted molar refractivity (Wildman–Crippen MR) is 123 cm³/mol. The van der Waals surface area contributed by atoms with Crippen molar-refractivity contribution in [2.75, 3.05) is 51.4 Å². The van der Waals surface area contributed by atoms with Crippen LogP contribution in [0.3, 0.4) is 0 Å². The van der Waals surface area contributed by atoms with Crippen LogP contribution in [0.4, 0.5) is 5.69 Å². The maximum atomic E-state index is 13.1. The van der Waals surface area contributed by atoms with Crippen molar-refractivity contribution in [3.8, 4) is 17.2 Å². The Balaban J connectivity index is 1.62. The number of benzene rings is 2. The van der Waals surface area contributed by atoms with Crippen LogP contribution in [0, 0.1) is 0 Å². The fourth-order valence-electron chi connectivity index (χ4n) is 3.67. The second kappa shape index (κ2) is 12.2. The molecule has 0 saturated carbocycles. The normalized spacial score (nSPS) is 13.7. The zero-order valence-corrected chi connectivity index (χ0v) is 18.7. The number of rotatable bonds is 12. The Labute approximate surface area is 185 Å². The van der Waals surface area contributed by atoms with E-state index < -0.39 is 0 Å². The minimum Gasteiger partial charge on any atom is -0.495 e. The van der Waals surface area contributed by atoms with Crippen LogP contribution in [0.15, 0.2) is 48.5 Å². The summed E-state index contributed by atoms with van der Waals surface area (Å²) < 4.78 is 17.0. The van der Waals surface area contributed by atoms with Crippen molar-refractivity contribution in [3.05, 3.63) is 48.5 Å². The van der Waals surface area contributed by atoms with Crippen LogP contribution in [0.25, 0.3) is 0 Å². The lowest BCUT2D eigenvalue weighted by Crippen LogP contribution is -2.40. The summed E-state index contributed by atoms with van der Waals surface area (Å²) in [6, 6.07) is 15.1.